The van der Waals surface area contributed by atoms with Crippen molar-refractivity contribution < 1.29 is 24.6 Å². The fraction of sp³-hybridized carbons (Fsp3) is 0. The normalized spacial score (nSPS) is 4.00. The Morgan fingerprint density at radius 1 is 1.33 bits per heavy atom. The quantitative estimate of drug-likeness (QED) is 0.298. The van der Waals surface area contributed by atoms with Gasteiger partial charge in [0.25, 0.3) is 0 Å². The van der Waals surface area contributed by atoms with Gasteiger partial charge in [0.15, 0.2) is 0 Å². The Morgan fingerprint density at radius 3 is 1.33 bits per heavy atom. The van der Waals surface area contributed by atoms with E-state index < -0.39 is 5.09 Å². The third kappa shape index (κ3) is 625. The molecule has 5 nitrogen and oxygen atoms in total. The molecule has 0 aliphatic heterocycles. The van der Waals surface area contributed by atoms with Gasteiger partial charge in [-0.15, -0.1) is 0 Å². The van der Waals surface area contributed by atoms with Gasteiger partial charge >= 0.3 is 0 Å². The molecule has 0 saturated heterocycles. The van der Waals surface area contributed by atoms with E-state index in [0.29, 0.717) is 0 Å². The molecule has 0 aromatic rings. The Morgan fingerprint density at radius 2 is 1.33 bits per heavy atom. The number of quaternary nitrogens is 1. The summed E-state index contributed by atoms with van der Waals surface area (Å²) in [6, 6.07) is 0. The topological polar surface area (TPSA) is 103 Å². The Bertz CT molecular complexity index is 31.8. The predicted octanol–water partition coefficient (Wildman–Crippen LogP) is 0.135. The first kappa shape index (κ1) is 17.1. The van der Waals surface area contributed by atoms with Crippen LogP contribution >= 0.6 is 0 Å². The van der Waals surface area contributed by atoms with E-state index in [2.05, 4.69) is 0 Å². The maximum absolute atomic E-state index is 8.25. The van der Waals surface area contributed by atoms with Crippen LogP contribution in [0.1, 0.15) is 0 Å². The van der Waals surface area contributed by atoms with Crippen molar-refractivity contribution in [2.24, 2.45) is 0 Å². The molecular formula is H4N2O3Zn. The molecule has 6 heteroatoms. The summed E-state index contributed by atoms with van der Waals surface area (Å²) < 4.78 is 0. The molecule has 4 N–H and O–H groups in total. The van der Waals surface area contributed by atoms with E-state index >= 15 is 0 Å². The van der Waals surface area contributed by atoms with Gasteiger partial charge in [0.2, 0.25) is 0 Å². The maximum atomic E-state index is 8.25. The predicted molar refractivity (Wildman–Crippen MR) is 16.3 cm³/mol. The SMILES string of the molecule is O=[N+]([O-])[O-].[NH4+].[Zn]. The maximum Gasteiger partial charge on any atom is 0.0689 e. The summed E-state index contributed by atoms with van der Waals surface area (Å²) in [5, 5.41) is 14.8. The van der Waals surface area contributed by atoms with Crippen LogP contribution in [0.25, 0.3) is 0 Å². The number of hydrogen-bond donors (Lipinski definition) is 1. The van der Waals surface area contributed by atoms with E-state index in [1.54, 1.807) is 0 Å². The van der Waals surface area contributed by atoms with Gasteiger partial charge in [0.1, 0.15) is 0 Å². The minimum absolute atomic E-state index is 0. The van der Waals surface area contributed by atoms with Crippen molar-refractivity contribution >= 4 is 0 Å². The Kier molecular flexibility index (Phi) is 25.2. The second-order valence-corrected chi connectivity index (χ2v) is 0.224. The van der Waals surface area contributed by atoms with Gasteiger partial charge in [0.05, 0.1) is 5.09 Å². The molecule has 0 bridgehead atoms. The summed E-state index contributed by atoms with van der Waals surface area (Å²) in [7, 11) is 0. The zero-order valence-corrected chi connectivity index (χ0v) is 6.35. The van der Waals surface area contributed by atoms with Gasteiger partial charge in [0, 0.05) is 19.5 Å². The molecule has 0 atom stereocenters. The Hall–Kier alpha value is -0.217. The second-order valence-electron chi connectivity index (χ2n) is 0.224. The molecule has 0 aromatic carbocycles. The Labute approximate surface area is 46.8 Å². The van der Waals surface area contributed by atoms with Crippen molar-refractivity contribution in [3.63, 3.8) is 0 Å². The van der Waals surface area contributed by atoms with Crippen LogP contribution in [-0.2, 0) is 19.5 Å². The van der Waals surface area contributed by atoms with E-state index in [1.807, 2.05) is 0 Å². The van der Waals surface area contributed by atoms with Gasteiger partial charge in [-0.3, -0.25) is 0 Å². The molecule has 0 fully saturated rings. The van der Waals surface area contributed by atoms with E-state index in [1.165, 1.54) is 0 Å². The average Bonchev–Trinajstić information content (AvgIpc) is 0.811. The monoisotopic (exact) mass is 144 g/mol. The molecule has 6 heavy (non-hydrogen) atoms. The number of rotatable bonds is 0. The third-order valence-corrected chi connectivity index (χ3v) is 0. The molecule has 0 unspecified atom stereocenters. The third-order valence-electron chi connectivity index (χ3n) is 0. The standard InChI is InChI=1S/NO3.H3N.Zn/c2-1(3)4;;/h;1H3;/q-1;;/p+1. The van der Waals surface area contributed by atoms with Crippen molar-refractivity contribution in [2.75, 3.05) is 0 Å². The van der Waals surface area contributed by atoms with Crippen molar-refractivity contribution in [3.05, 3.63) is 15.3 Å². The largest absolute Gasteiger partial charge is 0.369 e. The average molecular weight is 145 g/mol. The van der Waals surface area contributed by atoms with Crippen LogP contribution in [0.2, 0.25) is 0 Å². The van der Waals surface area contributed by atoms with Gasteiger partial charge in [-0.2, -0.15) is 0 Å². The van der Waals surface area contributed by atoms with Crippen LogP contribution in [0, 0.1) is 15.3 Å². The summed E-state index contributed by atoms with van der Waals surface area (Å²) >= 11 is 0. The van der Waals surface area contributed by atoms with E-state index in [-0.39, 0.29) is 25.6 Å². The van der Waals surface area contributed by atoms with Crippen LogP contribution in [-0.4, -0.2) is 5.09 Å². The van der Waals surface area contributed by atoms with Crippen molar-refractivity contribution in [1.82, 2.24) is 6.15 Å². The second kappa shape index (κ2) is 8.84. The number of nitrogens with zero attached hydrogens (tertiary/aromatic N) is 1. The van der Waals surface area contributed by atoms with E-state index in [9.17, 15) is 0 Å². The van der Waals surface area contributed by atoms with Crippen molar-refractivity contribution in [2.45, 2.75) is 0 Å². The molecule has 0 aliphatic carbocycles. The van der Waals surface area contributed by atoms with Gasteiger partial charge in [-0.25, -0.2) is 0 Å². The first-order valence-corrected chi connectivity index (χ1v) is 0.548. The van der Waals surface area contributed by atoms with Crippen LogP contribution in [0.5, 0.6) is 0 Å². The minimum Gasteiger partial charge on any atom is -0.369 e. The summed E-state index contributed by atoms with van der Waals surface area (Å²) in [6.07, 6.45) is 0. The first-order valence-electron chi connectivity index (χ1n) is 0.548. The van der Waals surface area contributed by atoms with Crippen molar-refractivity contribution in [3.8, 4) is 0 Å². The van der Waals surface area contributed by atoms with Crippen LogP contribution in [0.4, 0.5) is 0 Å². The van der Waals surface area contributed by atoms with Crippen LogP contribution in [0.15, 0.2) is 0 Å². The molecule has 0 saturated carbocycles. The summed E-state index contributed by atoms with van der Waals surface area (Å²) in [5.41, 5.74) is 0. The molecular weight excluding hydrogens is 141 g/mol. The van der Waals surface area contributed by atoms with Gasteiger partial charge in [-0.1, -0.05) is 0 Å². The van der Waals surface area contributed by atoms with Gasteiger partial charge < -0.3 is 21.5 Å². The summed E-state index contributed by atoms with van der Waals surface area (Å²) in [6.45, 7) is 0. The molecule has 0 aromatic heterocycles. The van der Waals surface area contributed by atoms with E-state index in [0.717, 1.165) is 0 Å². The molecule has 0 rings (SSSR count). The molecule has 0 amide bonds. The molecule has 0 heterocycles. The van der Waals surface area contributed by atoms with Crippen LogP contribution < -0.4 is 6.15 Å². The zero-order valence-electron chi connectivity index (χ0n) is 3.38. The first-order chi connectivity index (χ1) is 1.73. The smallest absolute Gasteiger partial charge is 0.0689 e. The zero-order chi connectivity index (χ0) is 3.58. The summed E-state index contributed by atoms with van der Waals surface area (Å²) in [4.78, 5) is 8.25. The fourth-order valence-electron chi connectivity index (χ4n) is 0. The molecule has 34 valence electrons. The number of hydrogen-bond acceptors (Lipinski definition) is 3. The van der Waals surface area contributed by atoms with Crippen LogP contribution in [0.3, 0.4) is 0 Å². The van der Waals surface area contributed by atoms with E-state index in [4.69, 9.17) is 15.3 Å². The molecule has 0 spiro atoms. The molecule has 0 aliphatic rings. The minimum atomic E-state index is -1.75. The summed E-state index contributed by atoms with van der Waals surface area (Å²) in [5.74, 6) is 0. The Balaban J connectivity index is -0.0000000450. The molecule has 0 radical (unpaired) electrons. The van der Waals surface area contributed by atoms with Crippen molar-refractivity contribution in [1.29, 1.82) is 0 Å². The fourth-order valence-corrected chi connectivity index (χ4v) is 0. The van der Waals surface area contributed by atoms with Gasteiger partial charge in [-0.05, 0) is 0 Å².